The van der Waals surface area contributed by atoms with Crippen molar-refractivity contribution >= 4 is 21.6 Å². The highest BCUT2D eigenvalue weighted by Crippen LogP contribution is 2.21. The largest absolute Gasteiger partial charge is 0.392 e. The molecule has 0 aliphatic carbocycles. The first kappa shape index (κ1) is 17.4. The molecule has 114 valence electrons. The van der Waals surface area contributed by atoms with E-state index >= 15 is 0 Å². The predicted octanol–water partition coefficient (Wildman–Crippen LogP) is 1.45. The maximum absolute atomic E-state index is 12.2. The first-order valence-electron chi connectivity index (χ1n) is 6.16. The number of sulfonamides is 1. The van der Waals surface area contributed by atoms with Gasteiger partial charge >= 0.3 is 0 Å². The lowest BCUT2D eigenvalue weighted by atomic mass is 10.1. The van der Waals surface area contributed by atoms with Crippen molar-refractivity contribution in [2.75, 3.05) is 20.6 Å². The van der Waals surface area contributed by atoms with Crippen LogP contribution in [-0.2, 0) is 16.6 Å². The van der Waals surface area contributed by atoms with Crippen LogP contribution in [0, 0.1) is 0 Å². The molecule has 0 fully saturated rings. The lowest BCUT2D eigenvalue weighted by molar-refractivity contribution is 0.199. The minimum atomic E-state index is -3.62. The summed E-state index contributed by atoms with van der Waals surface area (Å²) in [5.41, 5.74) is 0.196. The fraction of sp³-hybridized carbons (Fsp3) is 0.538. The summed E-state index contributed by atoms with van der Waals surface area (Å²) in [5.74, 6) is 0. The van der Waals surface area contributed by atoms with E-state index in [1.165, 1.54) is 18.2 Å². The number of halogens is 1. The first-order chi connectivity index (χ1) is 9.10. The highest BCUT2D eigenvalue weighted by Gasteiger charge is 2.24. The van der Waals surface area contributed by atoms with Crippen LogP contribution in [0.3, 0.4) is 0 Å². The second kappa shape index (κ2) is 6.41. The van der Waals surface area contributed by atoms with Crippen molar-refractivity contribution < 1.29 is 13.5 Å². The maximum Gasteiger partial charge on any atom is 0.240 e. The Hall–Kier alpha value is -0.660. The summed E-state index contributed by atoms with van der Waals surface area (Å²) in [4.78, 5) is 2.03. The van der Waals surface area contributed by atoms with E-state index in [4.69, 9.17) is 16.7 Å². The predicted molar refractivity (Wildman–Crippen MR) is 80.3 cm³/mol. The molecule has 20 heavy (non-hydrogen) atoms. The standard InChI is InChI=1S/C13H21ClN2O3S/c1-13(2,16(3)4)9-15-20(18,19)11-6-5-10(8-17)12(14)7-11/h5-7,15,17H,8-9H2,1-4H3. The molecule has 1 aromatic rings. The van der Waals surface area contributed by atoms with Crippen LogP contribution >= 0.6 is 11.6 Å². The van der Waals surface area contributed by atoms with Gasteiger partial charge in [-0.2, -0.15) is 0 Å². The number of rotatable bonds is 6. The number of aliphatic hydroxyl groups excluding tert-OH is 1. The van der Waals surface area contributed by atoms with Crippen molar-refractivity contribution in [3.8, 4) is 0 Å². The van der Waals surface area contributed by atoms with E-state index in [1.807, 2.05) is 32.8 Å². The van der Waals surface area contributed by atoms with Gasteiger partial charge < -0.3 is 10.0 Å². The average Bonchev–Trinajstić information content (AvgIpc) is 2.36. The molecule has 5 nitrogen and oxygen atoms in total. The van der Waals surface area contributed by atoms with Crippen LogP contribution < -0.4 is 4.72 Å². The van der Waals surface area contributed by atoms with Crippen LogP contribution in [0.15, 0.2) is 23.1 Å². The van der Waals surface area contributed by atoms with Gasteiger partial charge in [0.25, 0.3) is 0 Å². The molecule has 2 N–H and O–H groups in total. The van der Waals surface area contributed by atoms with Crippen molar-refractivity contribution in [3.05, 3.63) is 28.8 Å². The van der Waals surface area contributed by atoms with Gasteiger partial charge in [-0.3, -0.25) is 0 Å². The molecular formula is C13H21ClN2O3S. The minimum absolute atomic E-state index is 0.0919. The van der Waals surface area contributed by atoms with Crippen LogP contribution in [0.4, 0.5) is 0 Å². The summed E-state index contributed by atoms with van der Waals surface area (Å²) in [6.45, 7) is 3.94. The van der Waals surface area contributed by atoms with Crippen molar-refractivity contribution in [1.29, 1.82) is 0 Å². The van der Waals surface area contributed by atoms with Crippen molar-refractivity contribution in [1.82, 2.24) is 9.62 Å². The smallest absolute Gasteiger partial charge is 0.240 e. The number of benzene rings is 1. The highest BCUT2D eigenvalue weighted by atomic mass is 35.5. The molecule has 0 spiro atoms. The summed E-state index contributed by atoms with van der Waals surface area (Å²) < 4.78 is 27.0. The van der Waals surface area contributed by atoms with Gasteiger partial charge in [-0.25, -0.2) is 13.1 Å². The highest BCUT2D eigenvalue weighted by molar-refractivity contribution is 7.89. The zero-order chi connectivity index (χ0) is 15.6. The Bertz CT molecular complexity index is 571. The molecule has 0 aliphatic rings. The van der Waals surface area contributed by atoms with Crippen molar-refractivity contribution in [2.24, 2.45) is 0 Å². The van der Waals surface area contributed by atoms with E-state index in [2.05, 4.69) is 4.72 Å². The molecule has 0 amide bonds. The summed E-state index contributed by atoms with van der Waals surface area (Å²) in [6.07, 6.45) is 0. The first-order valence-corrected chi connectivity index (χ1v) is 8.02. The van der Waals surface area contributed by atoms with Gasteiger partial charge in [0.05, 0.1) is 11.5 Å². The molecule has 1 aromatic carbocycles. The molecule has 0 saturated carbocycles. The summed E-state index contributed by atoms with van der Waals surface area (Å²) >= 11 is 5.92. The minimum Gasteiger partial charge on any atom is -0.392 e. The summed E-state index contributed by atoms with van der Waals surface area (Å²) in [7, 11) is 0.163. The Balaban J connectivity index is 2.92. The lowest BCUT2D eigenvalue weighted by Crippen LogP contribution is -2.48. The third-order valence-electron chi connectivity index (χ3n) is 3.41. The van der Waals surface area contributed by atoms with E-state index in [-0.39, 0.29) is 28.6 Å². The van der Waals surface area contributed by atoms with Gasteiger partial charge in [0.2, 0.25) is 10.0 Å². The van der Waals surface area contributed by atoms with E-state index < -0.39 is 10.0 Å². The number of aliphatic hydroxyl groups is 1. The number of hydrogen-bond donors (Lipinski definition) is 2. The van der Waals surface area contributed by atoms with Crippen LogP contribution in [-0.4, -0.2) is 44.6 Å². The summed E-state index contributed by atoms with van der Waals surface area (Å²) in [6, 6.07) is 4.29. The molecule has 1 rings (SSSR count). The van der Waals surface area contributed by atoms with Crippen LogP contribution in [0.2, 0.25) is 5.02 Å². The van der Waals surface area contributed by atoms with Crippen molar-refractivity contribution in [3.63, 3.8) is 0 Å². The zero-order valence-corrected chi connectivity index (χ0v) is 13.7. The Morgan fingerprint density at radius 2 is 1.95 bits per heavy atom. The third kappa shape index (κ3) is 4.17. The number of hydrogen-bond acceptors (Lipinski definition) is 4. The summed E-state index contributed by atoms with van der Waals surface area (Å²) in [5, 5.41) is 9.27. The molecule has 0 radical (unpaired) electrons. The van der Waals surface area contributed by atoms with Crippen LogP contribution in [0.5, 0.6) is 0 Å². The fourth-order valence-electron chi connectivity index (χ4n) is 1.34. The molecule has 0 saturated heterocycles. The van der Waals surface area contributed by atoms with Gasteiger partial charge in [0.1, 0.15) is 0 Å². The Morgan fingerprint density at radius 3 is 2.40 bits per heavy atom. The maximum atomic E-state index is 12.2. The zero-order valence-electron chi connectivity index (χ0n) is 12.1. The molecule has 0 aromatic heterocycles. The normalized spacial score (nSPS) is 12.9. The molecule has 0 unspecified atom stereocenters. The monoisotopic (exact) mass is 320 g/mol. The van der Waals surface area contributed by atoms with Crippen molar-refractivity contribution in [2.45, 2.75) is 30.9 Å². The Kier molecular flexibility index (Phi) is 5.57. The molecular weight excluding hydrogens is 300 g/mol. The quantitative estimate of drug-likeness (QED) is 0.832. The Morgan fingerprint density at radius 1 is 1.35 bits per heavy atom. The van der Waals surface area contributed by atoms with E-state index in [1.54, 1.807) is 0 Å². The second-order valence-electron chi connectivity index (χ2n) is 5.44. The van der Waals surface area contributed by atoms with E-state index in [0.717, 1.165) is 0 Å². The van der Waals surface area contributed by atoms with E-state index in [9.17, 15) is 8.42 Å². The van der Waals surface area contributed by atoms with Crippen LogP contribution in [0.1, 0.15) is 19.4 Å². The van der Waals surface area contributed by atoms with Crippen LogP contribution in [0.25, 0.3) is 0 Å². The Labute approximate surface area is 125 Å². The van der Waals surface area contributed by atoms with E-state index in [0.29, 0.717) is 5.56 Å². The topological polar surface area (TPSA) is 69.6 Å². The van der Waals surface area contributed by atoms with Gasteiger partial charge in [-0.1, -0.05) is 17.7 Å². The average molecular weight is 321 g/mol. The van der Waals surface area contributed by atoms with Gasteiger partial charge in [-0.15, -0.1) is 0 Å². The third-order valence-corrected chi connectivity index (χ3v) is 5.16. The second-order valence-corrected chi connectivity index (χ2v) is 7.62. The fourth-order valence-corrected chi connectivity index (χ4v) is 2.87. The molecule has 0 bridgehead atoms. The lowest BCUT2D eigenvalue weighted by Gasteiger charge is -2.32. The van der Waals surface area contributed by atoms with Gasteiger partial charge in [0, 0.05) is 17.1 Å². The number of nitrogens with zero attached hydrogens (tertiary/aromatic N) is 1. The number of nitrogens with one attached hydrogen (secondary N) is 1. The molecule has 7 heteroatoms. The number of likely N-dealkylation sites (N-methyl/N-ethyl adjacent to an activating group) is 1. The van der Waals surface area contributed by atoms with Gasteiger partial charge in [0.15, 0.2) is 0 Å². The molecule has 0 aliphatic heterocycles. The molecule has 0 atom stereocenters. The van der Waals surface area contributed by atoms with Gasteiger partial charge in [-0.05, 0) is 45.6 Å². The molecule has 0 heterocycles. The SMILES string of the molecule is CN(C)C(C)(C)CNS(=O)(=O)c1ccc(CO)c(Cl)c1.